The van der Waals surface area contributed by atoms with Crippen LogP contribution in [0.15, 0.2) is 11.6 Å². The van der Waals surface area contributed by atoms with E-state index in [1.54, 1.807) is 11.3 Å². The predicted molar refractivity (Wildman–Crippen MR) is 52.9 cm³/mol. The zero-order chi connectivity index (χ0) is 9.10. The molecule has 1 N–H and O–H groups in total. The topological polar surface area (TPSA) is 34.2 Å². The number of rotatable bonds is 3. The van der Waals surface area contributed by atoms with Gasteiger partial charge in [0.15, 0.2) is 0 Å². The van der Waals surface area contributed by atoms with Gasteiger partial charge in [0.05, 0.1) is 12.1 Å². The van der Waals surface area contributed by atoms with Gasteiger partial charge in [-0.1, -0.05) is 0 Å². The van der Waals surface area contributed by atoms with Crippen LogP contribution in [-0.2, 0) is 4.74 Å². The summed E-state index contributed by atoms with van der Waals surface area (Å²) in [7, 11) is 1.97. The molecule has 0 radical (unpaired) electrons. The maximum Gasteiger partial charge on any atom is 0.112 e. The van der Waals surface area contributed by atoms with Crippen LogP contribution in [0, 0.1) is 0 Å². The minimum atomic E-state index is 0.280. The Morgan fingerprint density at radius 1 is 1.77 bits per heavy atom. The molecular weight excluding hydrogens is 184 g/mol. The summed E-state index contributed by atoms with van der Waals surface area (Å²) >= 11 is 1.69. The standard InChI is InChI=1S/C9H14N2OS/c1-10-8(7-3-2-5-12-7)9-11-4-6-13-9/h4,6-8,10H,2-3,5H2,1H3. The highest BCUT2D eigenvalue weighted by molar-refractivity contribution is 7.09. The summed E-state index contributed by atoms with van der Waals surface area (Å²) in [5.41, 5.74) is 0. The minimum absolute atomic E-state index is 0.280. The summed E-state index contributed by atoms with van der Waals surface area (Å²) in [5, 5.41) is 6.41. The molecule has 1 aromatic heterocycles. The van der Waals surface area contributed by atoms with Crippen molar-refractivity contribution in [2.75, 3.05) is 13.7 Å². The van der Waals surface area contributed by atoms with Crippen molar-refractivity contribution in [1.29, 1.82) is 0 Å². The van der Waals surface area contributed by atoms with Crippen molar-refractivity contribution >= 4 is 11.3 Å². The predicted octanol–water partition coefficient (Wildman–Crippen LogP) is 1.58. The van der Waals surface area contributed by atoms with E-state index in [1.165, 1.54) is 6.42 Å². The molecule has 1 saturated heterocycles. The first-order valence-corrected chi connectivity index (χ1v) is 5.48. The number of ether oxygens (including phenoxy) is 1. The van der Waals surface area contributed by atoms with Crippen LogP contribution >= 0.6 is 11.3 Å². The molecular formula is C9H14N2OS. The second-order valence-corrected chi connectivity index (χ2v) is 4.11. The first-order valence-electron chi connectivity index (χ1n) is 4.60. The van der Waals surface area contributed by atoms with E-state index in [0.29, 0.717) is 6.10 Å². The smallest absolute Gasteiger partial charge is 0.112 e. The monoisotopic (exact) mass is 198 g/mol. The molecule has 3 nitrogen and oxygen atoms in total. The Labute approximate surface area is 82.1 Å². The van der Waals surface area contributed by atoms with Gasteiger partial charge in [-0.25, -0.2) is 4.98 Å². The molecule has 2 unspecified atom stereocenters. The first kappa shape index (κ1) is 9.12. The number of hydrogen-bond acceptors (Lipinski definition) is 4. The zero-order valence-electron chi connectivity index (χ0n) is 7.69. The average molecular weight is 198 g/mol. The molecule has 1 aromatic rings. The van der Waals surface area contributed by atoms with E-state index in [-0.39, 0.29) is 6.04 Å². The lowest BCUT2D eigenvalue weighted by molar-refractivity contribution is 0.0807. The molecule has 72 valence electrons. The van der Waals surface area contributed by atoms with Crippen LogP contribution in [0.3, 0.4) is 0 Å². The van der Waals surface area contributed by atoms with Crippen LogP contribution in [0.2, 0.25) is 0 Å². The first-order chi connectivity index (χ1) is 6.42. The molecule has 0 bridgehead atoms. The Morgan fingerprint density at radius 3 is 3.23 bits per heavy atom. The van der Waals surface area contributed by atoms with Crippen molar-refractivity contribution in [2.45, 2.75) is 25.0 Å². The third-order valence-corrected chi connectivity index (χ3v) is 3.22. The number of thiazole rings is 1. The fourth-order valence-corrected chi connectivity index (χ4v) is 2.52. The second-order valence-electron chi connectivity index (χ2n) is 3.19. The van der Waals surface area contributed by atoms with Gasteiger partial charge in [-0.2, -0.15) is 0 Å². The van der Waals surface area contributed by atoms with E-state index in [9.17, 15) is 0 Å². The van der Waals surface area contributed by atoms with Gasteiger partial charge in [-0.15, -0.1) is 11.3 Å². The van der Waals surface area contributed by atoms with Gasteiger partial charge in [0, 0.05) is 18.2 Å². The van der Waals surface area contributed by atoms with Gasteiger partial charge >= 0.3 is 0 Å². The Kier molecular flexibility index (Phi) is 2.93. The quantitative estimate of drug-likeness (QED) is 0.800. The lowest BCUT2D eigenvalue weighted by Crippen LogP contribution is -2.28. The van der Waals surface area contributed by atoms with Crippen molar-refractivity contribution in [3.8, 4) is 0 Å². The van der Waals surface area contributed by atoms with E-state index < -0.39 is 0 Å². The van der Waals surface area contributed by atoms with E-state index >= 15 is 0 Å². The summed E-state index contributed by atoms with van der Waals surface area (Å²) in [4.78, 5) is 4.31. The van der Waals surface area contributed by atoms with Crippen molar-refractivity contribution in [2.24, 2.45) is 0 Å². The van der Waals surface area contributed by atoms with E-state index in [0.717, 1.165) is 18.0 Å². The molecule has 0 aromatic carbocycles. The van der Waals surface area contributed by atoms with Crippen molar-refractivity contribution < 1.29 is 4.74 Å². The fourth-order valence-electron chi connectivity index (χ4n) is 1.72. The summed E-state index contributed by atoms with van der Waals surface area (Å²) in [6.45, 7) is 0.897. The molecule has 2 atom stereocenters. The summed E-state index contributed by atoms with van der Waals surface area (Å²) in [6, 6.07) is 0.280. The van der Waals surface area contributed by atoms with Crippen molar-refractivity contribution in [3.05, 3.63) is 16.6 Å². The molecule has 1 aliphatic heterocycles. The van der Waals surface area contributed by atoms with Crippen LogP contribution in [0.4, 0.5) is 0 Å². The van der Waals surface area contributed by atoms with Gasteiger partial charge in [0.25, 0.3) is 0 Å². The van der Waals surface area contributed by atoms with Gasteiger partial charge in [0.1, 0.15) is 5.01 Å². The molecule has 2 heterocycles. The van der Waals surface area contributed by atoms with Gasteiger partial charge in [-0.3, -0.25) is 0 Å². The molecule has 1 aliphatic rings. The molecule has 0 spiro atoms. The number of nitrogens with one attached hydrogen (secondary N) is 1. The zero-order valence-corrected chi connectivity index (χ0v) is 8.51. The van der Waals surface area contributed by atoms with Crippen LogP contribution < -0.4 is 5.32 Å². The number of aromatic nitrogens is 1. The van der Waals surface area contributed by atoms with E-state index in [1.807, 2.05) is 18.6 Å². The second kappa shape index (κ2) is 4.17. The van der Waals surface area contributed by atoms with Crippen molar-refractivity contribution in [3.63, 3.8) is 0 Å². The molecule has 0 amide bonds. The highest BCUT2D eigenvalue weighted by atomic mass is 32.1. The van der Waals surface area contributed by atoms with Gasteiger partial charge < -0.3 is 10.1 Å². The molecule has 13 heavy (non-hydrogen) atoms. The molecule has 2 rings (SSSR count). The molecule has 4 heteroatoms. The van der Waals surface area contributed by atoms with Gasteiger partial charge in [-0.05, 0) is 19.9 Å². The highest BCUT2D eigenvalue weighted by Crippen LogP contribution is 2.27. The maximum atomic E-state index is 5.63. The number of nitrogens with zero attached hydrogens (tertiary/aromatic N) is 1. The lowest BCUT2D eigenvalue weighted by atomic mass is 10.1. The lowest BCUT2D eigenvalue weighted by Gasteiger charge is -2.19. The van der Waals surface area contributed by atoms with E-state index in [2.05, 4.69) is 10.3 Å². The summed E-state index contributed by atoms with van der Waals surface area (Å²) < 4.78 is 5.63. The molecule has 0 saturated carbocycles. The fraction of sp³-hybridized carbons (Fsp3) is 0.667. The summed E-state index contributed by atoms with van der Waals surface area (Å²) in [6.07, 6.45) is 4.48. The van der Waals surface area contributed by atoms with Crippen molar-refractivity contribution in [1.82, 2.24) is 10.3 Å². The van der Waals surface area contributed by atoms with Crippen LogP contribution in [0.25, 0.3) is 0 Å². The Bertz CT molecular complexity index is 244. The average Bonchev–Trinajstić information content (AvgIpc) is 2.76. The number of likely N-dealkylation sites (N-methyl/N-ethyl adjacent to an activating group) is 1. The third-order valence-electron chi connectivity index (χ3n) is 2.37. The summed E-state index contributed by atoms with van der Waals surface area (Å²) in [5.74, 6) is 0. The molecule has 1 fully saturated rings. The highest BCUT2D eigenvalue weighted by Gasteiger charge is 2.27. The SMILES string of the molecule is CNC(c1nccs1)C1CCCO1. The maximum absolute atomic E-state index is 5.63. The van der Waals surface area contributed by atoms with Gasteiger partial charge in [0.2, 0.25) is 0 Å². The minimum Gasteiger partial charge on any atom is -0.376 e. The Balaban J connectivity index is 2.08. The van der Waals surface area contributed by atoms with Crippen LogP contribution in [-0.4, -0.2) is 24.7 Å². The van der Waals surface area contributed by atoms with E-state index in [4.69, 9.17) is 4.74 Å². The normalized spacial score (nSPS) is 24.8. The largest absolute Gasteiger partial charge is 0.376 e. The molecule has 0 aliphatic carbocycles. The third kappa shape index (κ3) is 1.90. The number of hydrogen-bond donors (Lipinski definition) is 1. The Hall–Kier alpha value is -0.450. The van der Waals surface area contributed by atoms with Crippen LogP contribution in [0.5, 0.6) is 0 Å². The van der Waals surface area contributed by atoms with Crippen LogP contribution in [0.1, 0.15) is 23.9 Å². The Morgan fingerprint density at radius 2 is 2.69 bits per heavy atom.